The lowest BCUT2D eigenvalue weighted by Gasteiger charge is -2.07. The summed E-state index contributed by atoms with van der Waals surface area (Å²) in [7, 11) is 0. The van der Waals surface area contributed by atoms with Crippen LogP contribution in [0.1, 0.15) is 17.1 Å². The van der Waals surface area contributed by atoms with E-state index in [0.717, 1.165) is 11.8 Å². The summed E-state index contributed by atoms with van der Waals surface area (Å²) in [6.07, 6.45) is 1.16. The molecular weight excluding hydrogens is 533 g/mol. The molecule has 0 unspecified atom stereocenters. The number of rotatable bonds is 6. The van der Waals surface area contributed by atoms with Crippen molar-refractivity contribution >= 4 is 76.0 Å². The predicted molar refractivity (Wildman–Crippen MR) is 136 cm³/mol. The van der Waals surface area contributed by atoms with Crippen LogP contribution in [0.2, 0.25) is 15.1 Å². The molecule has 3 rings (SSSR count). The molecule has 0 bridgehead atoms. The van der Waals surface area contributed by atoms with Gasteiger partial charge in [-0.05, 0) is 55.0 Å². The van der Waals surface area contributed by atoms with E-state index >= 15 is 0 Å². The first-order chi connectivity index (χ1) is 17.1. The molecule has 0 saturated carbocycles. The monoisotopic (exact) mass is 549 g/mol. The number of anilines is 2. The molecule has 13 heteroatoms. The molecule has 10 nitrogen and oxygen atoms in total. The fourth-order valence-corrected chi connectivity index (χ4v) is 3.15. The quantitative estimate of drug-likeness (QED) is 0.209. The van der Waals surface area contributed by atoms with Crippen LogP contribution >= 0.6 is 34.8 Å². The van der Waals surface area contributed by atoms with E-state index in [1.807, 2.05) is 0 Å². The molecule has 0 radical (unpaired) electrons. The Morgan fingerprint density at radius 1 is 0.861 bits per heavy atom. The van der Waals surface area contributed by atoms with Crippen LogP contribution in [0, 0.1) is 6.92 Å². The minimum Gasteiger partial charge on any atom is -0.458 e. The standard InChI is InChI=1S/C23H18Cl3N5O5/c1-12-2-3-13(24)8-19(12)30-22(34)23(35)31-28-11-16-6-5-15(36-16)10-27-20(32)21(33)29-14-4-7-17(25)18(26)9-14/h2-9,11H,10H2,1H3,(H,27,32)(H,29,33)(H,30,34)(H,31,35)/b28-11+. The van der Waals surface area contributed by atoms with Crippen molar-refractivity contribution < 1.29 is 23.6 Å². The summed E-state index contributed by atoms with van der Waals surface area (Å²) in [5, 5.41) is 11.8. The van der Waals surface area contributed by atoms with Gasteiger partial charge in [0.05, 0.1) is 22.8 Å². The Bertz CT molecular complexity index is 1360. The molecule has 0 aliphatic carbocycles. The Labute approximate surface area is 220 Å². The number of hydrazone groups is 1. The lowest BCUT2D eigenvalue weighted by atomic mass is 10.2. The van der Waals surface area contributed by atoms with Crippen molar-refractivity contribution in [3.8, 4) is 0 Å². The van der Waals surface area contributed by atoms with Gasteiger partial charge in [-0.3, -0.25) is 19.2 Å². The maximum Gasteiger partial charge on any atom is 0.329 e. The van der Waals surface area contributed by atoms with Gasteiger partial charge in [0, 0.05) is 16.4 Å². The van der Waals surface area contributed by atoms with Crippen LogP contribution in [-0.4, -0.2) is 29.8 Å². The molecule has 4 N–H and O–H groups in total. The summed E-state index contributed by atoms with van der Waals surface area (Å²) in [5.41, 5.74) is 3.51. The molecule has 1 heterocycles. The van der Waals surface area contributed by atoms with Crippen molar-refractivity contribution in [2.24, 2.45) is 5.10 Å². The summed E-state index contributed by atoms with van der Waals surface area (Å²) in [5.74, 6) is -3.20. The van der Waals surface area contributed by atoms with Crippen molar-refractivity contribution in [3.05, 3.63) is 80.7 Å². The van der Waals surface area contributed by atoms with Crippen molar-refractivity contribution in [2.45, 2.75) is 13.5 Å². The smallest absolute Gasteiger partial charge is 0.329 e. The van der Waals surface area contributed by atoms with E-state index in [-0.39, 0.29) is 17.3 Å². The summed E-state index contributed by atoms with van der Waals surface area (Å²) in [6.45, 7) is 1.66. The van der Waals surface area contributed by atoms with Crippen LogP contribution < -0.4 is 21.4 Å². The number of carbonyl (C=O) groups is 4. The van der Waals surface area contributed by atoms with E-state index in [1.54, 1.807) is 19.1 Å². The number of nitrogens with zero attached hydrogens (tertiary/aromatic N) is 1. The maximum absolute atomic E-state index is 12.0. The zero-order chi connectivity index (χ0) is 26.2. The van der Waals surface area contributed by atoms with Crippen LogP contribution in [0.5, 0.6) is 0 Å². The molecule has 0 saturated heterocycles. The summed E-state index contributed by atoms with van der Waals surface area (Å²) in [6, 6.07) is 12.3. The fourth-order valence-electron chi connectivity index (χ4n) is 2.68. The molecule has 4 amide bonds. The molecular formula is C23H18Cl3N5O5. The van der Waals surface area contributed by atoms with E-state index < -0.39 is 23.6 Å². The fraction of sp³-hybridized carbons (Fsp3) is 0.0870. The molecule has 0 atom stereocenters. The van der Waals surface area contributed by atoms with E-state index in [9.17, 15) is 19.2 Å². The second-order valence-electron chi connectivity index (χ2n) is 7.18. The van der Waals surface area contributed by atoms with E-state index in [0.29, 0.717) is 27.2 Å². The first-order valence-electron chi connectivity index (χ1n) is 10.2. The first kappa shape index (κ1) is 26.7. The third kappa shape index (κ3) is 7.57. The highest BCUT2D eigenvalue weighted by atomic mass is 35.5. The summed E-state index contributed by atoms with van der Waals surface area (Å²) < 4.78 is 5.43. The van der Waals surface area contributed by atoms with Crippen molar-refractivity contribution in [3.63, 3.8) is 0 Å². The average molecular weight is 551 g/mol. The Morgan fingerprint density at radius 3 is 2.36 bits per heavy atom. The number of hydrogen-bond acceptors (Lipinski definition) is 6. The maximum atomic E-state index is 12.0. The third-order valence-corrected chi connectivity index (χ3v) is 5.48. The molecule has 1 aromatic heterocycles. The lowest BCUT2D eigenvalue weighted by Crippen LogP contribution is -2.34. The molecule has 3 aromatic rings. The zero-order valence-electron chi connectivity index (χ0n) is 18.5. The second kappa shape index (κ2) is 12.2. The molecule has 0 spiro atoms. The van der Waals surface area contributed by atoms with Gasteiger partial charge in [-0.15, -0.1) is 0 Å². The number of hydrogen-bond donors (Lipinski definition) is 4. The molecule has 0 aliphatic heterocycles. The Morgan fingerprint density at radius 2 is 1.61 bits per heavy atom. The molecule has 186 valence electrons. The zero-order valence-corrected chi connectivity index (χ0v) is 20.8. The minimum absolute atomic E-state index is 0.0881. The van der Waals surface area contributed by atoms with Gasteiger partial charge in [-0.2, -0.15) is 5.10 Å². The SMILES string of the molecule is Cc1ccc(Cl)cc1NC(=O)C(=O)N/N=C/c1ccc(CNC(=O)C(=O)Nc2ccc(Cl)c(Cl)c2)o1. The average Bonchev–Trinajstić information content (AvgIpc) is 3.29. The molecule has 0 fully saturated rings. The van der Waals surface area contributed by atoms with Gasteiger partial charge in [-0.25, -0.2) is 5.43 Å². The van der Waals surface area contributed by atoms with Crippen LogP contribution in [0.15, 0.2) is 58.0 Å². The number of halogens is 3. The minimum atomic E-state index is -1.00. The highest BCUT2D eigenvalue weighted by molar-refractivity contribution is 6.43. The van der Waals surface area contributed by atoms with Gasteiger partial charge >= 0.3 is 23.6 Å². The van der Waals surface area contributed by atoms with Crippen LogP contribution in [0.4, 0.5) is 11.4 Å². The van der Waals surface area contributed by atoms with Gasteiger partial charge < -0.3 is 20.4 Å². The van der Waals surface area contributed by atoms with Gasteiger partial charge in [0.1, 0.15) is 11.5 Å². The molecule has 0 aliphatic rings. The molecule has 36 heavy (non-hydrogen) atoms. The van der Waals surface area contributed by atoms with Crippen LogP contribution in [0.3, 0.4) is 0 Å². The summed E-state index contributed by atoms with van der Waals surface area (Å²) in [4.78, 5) is 48.0. The van der Waals surface area contributed by atoms with Crippen molar-refractivity contribution in [1.29, 1.82) is 0 Å². The third-order valence-electron chi connectivity index (χ3n) is 4.50. The number of furan rings is 1. The number of amides is 4. The highest BCUT2D eigenvalue weighted by Crippen LogP contribution is 2.25. The highest BCUT2D eigenvalue weighted by Gasteiger charge is 2.16. The largest absolute Gasteiger partial charge is 0.458 e. The van der Waals surface area contributed by atoms with Gasteiger partial charge in [0.25, 0.3) is 0 Å². The number of aryl methyl sites for hydroxylation is 1. The van der Waals surface area contributed by atoms with Crippen molar-refractivity contribution in [1.82, 2.24) is 10.7 Å². The number of benzene rings is 2. The van der Waals surface area contributed by atoms with E-state index in [2.05, 4.69) is 26.5 Å². The Balaban J connectivity index is 1.45. The topological polar surface area (TPSA) is 142 Å². The van der Waals surface area contributed by atoms with E-state index in [1.165, 1.54) is 36.4 Å². The normalized spacial score (nSPS) is 10.7. The van der Waals surface area contributed by atoms with Gasteiger partial charge in [0.2, 0.25) is 0 Å². The van der Waals surface area contributed by atoms with Gasteiger partial charge in [0.15, 0.2) is 0 Å². The van der Waals surface area contributed by atoms with Gasteiger partial charge in [-0.1, -0.05) is 40.9 Å². The predicted octanol–water partition coefficient (Wildman–Crippen LogP) is 3.89. The lowest BCUT2D eigenvalue weighted by molar-refractivity contribution is -0.136. The number of carbonyl (C=O) groups excluding carboxylic acids is 4. The Hall–Kier alpha value is -3.86. The van der Waals surface area contributed by atoms with E-state index in [4.69, 9.17) is 39.2 Å². The van der Waals surface area contributed by atoms with Crippen molar-refractivity contribution in [2.75, 3.05) is 10.6 Å². The first-order valence-corrected chi connectivity index (χ1v) is 11.3. The second-order valence-corrected chi connectivity index (χ2v) is 8.43. The number of nitrogens with one attached hydrogen (secondary N) is 4. The van der Waals surface area contributed by atoms with Crippen LogP contribution in [-0.2, 0) is 25.7 Å². The Kier molecular flexibility index (Phi) is 9.07. The van der Waals surface area contributed by atoms with Crippen LogP contribution in [0.25, 0.3) is 0 Å². The molecule has 2 aromatic carbocycles. The summed E-state index contributed by atoms with van der Waals surface area (Å²) >= 11 is 17.6.